The average Bonchev–Trinajstić information content (AvgIpc) is 2.23. The summed E-state index contributed by atoms with van der Waals surface area (Å²) in [6.45, 7) is 0.353. The highest BCUT2D eigenvalue weighted by atomic mass is 35.5. The van der Waals surface area contributed by atoms with E-state index < -0.39 is 0 Å². The standard InChI is InChI=1S/C9H8ClN5/c10-9-8(11)5-4-7(14-9)3-1-2-6-13-15-12/h4-5H,2,6,11H2. The summed E-state index contributed by atoms with van der Waals surface area (Å²) in [5.41, 5.74) is 14.5. The fourth-order valence-corrected chi connectivity index (χ4v) is 0.972. The molecule has 6 heteroatoms. The molecule has 0 aromatic carbocycles. The van der Waals surface area contributed by atoms with Gasteiger partial charge in [0.2, 0.25) is 0 Å². The van der Waals surface area contributed by atoms with E-state index in [0.29, 0.717) is 24.3 Å². The van der Waals surface area contributed by atoms with Gasteiger partial charge in [0.15, 0.2) is 5.15 Å². The maximum atomic E-state index is 8.02. The van der Waals surface area contributed by atoms with Crippen LogP contribution in [0.15, 0.2) is 17.2 Å². The third kappa shape index (κ3) is 3.77. The second-order valence-corrected chi connectivity index (χ2v) is 2.94. The minimum atomic E-state index is 0.247. The Labute approximate surface area is 91.9 Å². The number of nitrogens with zero attached hydrogens (tertiary/aromatic N) is 4. The van der Waals surface area contributed by atoms with Crippen molar-refractivity contribution in [2.45, 2.75) is 6.42 Å². The number of hydrogen-bond donors (Lipinski definition) is 1. The molecule has 1 aromatic heterocycles. The summed E-state index contributed by atoms with van der Waals surface area (Å²) in [4.78, 5) is 6.56. The summed E-state index contributed by atoms with van der Waals surface area (Å²) in [7, 11) is 0. The van der Waals surface area contributed by atoms with Gasteiger partial charge in [-0.15, -0.1) is 0 Å². The Morgan fingerprint density at radius 3 is 3.07 bits per heavy atom. The Morgan fingerprint density at radius 1 is 1.60 bits per heavy atom. The highest BCUT2D eigenvalue weighted by molar-refractivity contribution is 6.31. The third-order valence-electron chi connectivity index (χ3n) is 1.49. The predicted molar refractivity (Wildman–Crippen MR) is 59.2 cm³/mol. The van der Waals surface area contributed by atoms with Crippen LogP contribution in [-0.2, 0) is 0 Å². The van der Waals surface area contributed by atoms with E-state index in [4.69, 9.17) is 22.9 Å². The van der Waals surface area contributed by atoms with Gasteiger partial charge in [-0.1, -0.05) is 22.6 Å². The van der Waals surface area contributed by atoms with Crippen molar-refractivity contribution in [3.05, 3.63) is 33.4 Å². The van der Waals surface area contributed by atoms with E-state index in [1.165, 1.54) is 0 Å². The highest BCUT2D eigenvalue weighted by Gasteiger charge is 1.96. The summed E-state index contributed by atoms with van der Waals surface area (Å²) >= 11 is 5.71. The van der Waals surface area contributed by atoms with E-state index in [1.807, 2.05) is 0 Å². The van der Waals surface area contributed by atoms with Crippen molar-refractivity contribution in [1.29, 1.82) is 0 Å². The van der Waals surface area contributed by atoms with Crippen LogP contribution in [0.3, 0.4) is 0 Å². The Hall–Kier alpha value is -1.89. The fourth-order valence-electron chi connectivity index (χ4n) is 0.818. The molecule has 0 bridgehead atoms. The van der Waals surface area contributed by atoms with Crippen molar-refractivity contribution in [1.82, 2.24) is 4.98 Å². The molecule has 15 heavy (non-hydrogen) atoms. The van der Waals surface area contributed by atoms with Crippen molar-refractivity contribution in [2.75, 3.05) is 12.3 Å². The number of rotatable bonds is 2. The first-order valence-electron chi connectivity index (χ1n) is 4.16. The smallest absolute Gasteiger partial charge is 0.153 e. The number of nitrogens with two attached hydrogens (primary N) is 1. The minimum absolute atomic E-state index is 0.247. The van der Waals surface area contributed by atoms with Gasteiger partial charge in [0.1, 0.15) is 5.69 Å². The molecule has 1 aromatic rings. The van der Waals surface area contributed by atoms with Crippen molar-refractivity contribution in [3.8, 4) is 11.8 Å². The summed E-state index contributed by atoms with van der Waals surface area (Å²) in [6, 6.07) is 3.33. The number of aromatic nitrogens is 1. The van der Waals surface area contributed by atoms with Crippen molar-refractivity contribution < 1.29 is 0 Å². The SMILES string of the molecule is [N-]=[N+]=NCCC#Cc1ccc(N)c(Cl)n1. The van der Waals surface area contributed by atoms with Crippen LogP contribution in [0, 0.1) is 11.8 Å². The summed E-state index contributed by atoms with van der Waals surface area (Å²) in [5, 5.41) is 3.59. The Kier molecular flexibility index (Phi) is 4.30. The average molecular weight is 222 g/mol. The Balaban J connectivity index is 2.64. The monoisotopic (exact) mass is 221 g/mol. The summed E-state index contributed by atoms with van der Waals surface area (Å²) in [6.07, 6.45) is 0.494. The molecule has 0 radical (unpaired) electrons. The minimum Gasteiger partial charge on any atom is -0.396 e. The molecule has 0 amide bonds. The second-order valence-electron chi connectivity index (χ2n) is 2.58. The number of azide groups is 1. The molecular formula is C9H8ClN5. The van der Waals surface area contributed by atoms with Crippen LogP contribution in [0.1, 0.15) is 12.1 Å². The molecule has 0 aliphatic rings. The molecule has 0 saturated carbocycles. The van der Waals surface area contributed by atoms with Gasteiger partial charge in [-0.05, 0) is 23.6 Å². The molecule has 0 saturated heterocycles. The Morgan fingerprint density at radius 2 is 2.40 bits per heavy atom. The van der Waals surface area contributed by atoms with E-state index >= 15 is 0 Å². The quantitative estimate of drug-likeness (QED) is 0.208. The molecule has 1 heterocycles. The van der Waals surface area contributed by atoms with E-state index in [0.717, 1.165) is 0 Å². The van der Waals surface area contributed by atoms with Crippen LogP contribution >= 0.6 is 11.6 Å². The van der Waals surface area contributed by atoms with Crippen LogP contribution in [-0.4, -0.2) is 11.5 Å². The van der Waals surface area contributed by atoms with Gasteiger partial charge in [0, 0.05) is 17.9 Å². The van der Waals surface area contributed by atoms with Gasteiger partial charge in [0.05, 0.1) is 5.69 Å². The largest absolute Gasteiger partial charge is 0.396 e. The van der Waals surface area contributed by atoms with Crippen LogP contribution in [0.4, 0.5) is 5.69 Å². The zero-order valence-corrected chi connectivity index (χ0v) is 8.57. The zero-order chi connectivity index (χ0) is 11.1. The number of anilines is 1. The maximum Gasteiger partial charge on any atom is 0.153 e. The molecule has 0 aliphatic carbocycles. The third-order valence-corrected chi connectivity index (χ3v) is 1.80. The molecule has 0 atom stereocenters. The van der Waals surface area contributed by atoms with Crippen molar-refractivity contribution in [2.24, 2.45) is 5.11 Å². The zero-order valence-electron chi connectivity index (χ0n) is 7.81. The topological polar surface area (TPSA) is 87.7 Å². The second kappa shape index (κ2) is 5.76. The van der Waals surface area contributed by atoms with Gasteiger partial charge in [-0.25, -0.2) is 4.98 Å². The molecule has 5 nitrogen and oxygen atoms in total. The van der Waals surface area contributed by atoms with Gasteiger partial charge in [-0.3, -0.25) is 0 Å². The van der Waals surface area contributed by atoms with Crippen LogP contribution < -0.4 is 5.73 Å². The molecule has 76 valence electrons. The molecule has 0 unspecified atom stereocenters. The molecule has 0 aliphatic heterocycles. The van der Waals surface area contributed by atoms with Gasteiger partial charge < -0.3 is 5.73 Å². The first-order chi connectivity index (χ1) is 7.24. The number of nitrogen functional groups attached to an aromatic ring is 1. The van der Waals surface area contributed by atoms with Crippen LogP contribution in [0.5, 0.6) is 0 Å². The normalized spacial score (nSPS) is 8.60. The first-order valence-corrected chi connectivity index (χ1v) is 4.53. The summed E-state index contributed by atoms with van der Waals surface area (Å²) < 4.78 is 0. The first kappa shape index (κ1) is 11.2. The molecule has 2 N–H and O–H groups in total. The lowest BCUT2D eigenvalue weighted by molar-refractivity contribution is 1.01. The van der Waals surface area contributed by atoms with Crippen LogP contribution in [0.25, 0.3) is 10.4 Å². The van der Waals surface area contributed by atoms with E-state index in [1.54, 1.807) is 12.1 Å². The molecule has 1 rings (SSSR count). The number of pyridine rings is 1. The highest BCUT2D eigenvalue weighted by Crippen LogP contribution is 2.14. The van der Waals surface area contributed by atoms with Gasteiger partial charge in [-0.2, -0.15) is 0 Å². The fraction of sp³-hybridized carbons (Fsp3) is 0.222. The lowest BCUT2D eigenvalue weighted by Crippen LogP contribution is -1.90. The number of halogens is 1. The molecular weight excluding hydrogens is 214 g/mol. The molecule has 0 fully saturated rings. The van der Waals surface area contributed by atoms with E-state index in [2.05, 4.69) is 26.9 Å². The predicted octanol–water partition coefficient (Wildman–Crippen LogP) is 2.37. The van der Waals surface area contributed by atoms with Crippen molar-refractivity contribution >= 4 is 17.3 Å². The Bertz CT molecular complexity index is 453. The lowest BCUT2D eigenvalue weighted by atomic mass is 10.3. The van der Waals surface area contributed by atoms with Gasteiger partial charge in [0.25, 0.3) is 0 Å². The van der Waals surface area contributed by atoms with Crippen molar-refractivity contribution in [3.63, 3.8) is 0 Å². The van der Waals surface area contributed by atoms with Gasteiger partial charge >= 0.3 is 0 Å². The molecule has 0 spiro atoms. The summed E-state index contributed by atoms with van der Waals surface area (Å²) in [5.74, 6) is 5.59. The maximum absolute atomic E-state index is 8.02. The lowest BCUT2D eigenvalue weighted by Gasteiger charge is -1.95. The van der Waals surface area contributed by atoms with E-state index in [9.17, 15) is 0 Å². The van der Waals surface area contributed by atoms with Crippen LogP contribution in [0.2, 0.25) is 5.15 Å². The number of hydrogen-bond acceptors (Lipinski definition) is 3. The van der Waals surface area contributed by atoms with E-state index in [-0.39, 0.29) is 5.15 Å².